The second-order valence-corrected chi connectivity index (χ2v) is 5.44. The average molecular weight is 262 g/mol. The van der Waals surface area contributed by atoms with Crippen molar-refractivity contribution in [3.8, 4) is 11.8 Å². The summed E-state index contributed by atoms with van der Waals surface area (Å²) in [6, 6.07) is 4.21. The van der Waals surface area contributed by atoms with Crippen molar-refractivity contribution in [1.29, 1.82) is 0 Å². The number of amides is 1. The molecule has 0 atom stereocenters. The lowest BCUT2D eigenvalue weighted by Gasteiger charge is -2.18. The van der Waals surface area contributed by atoms with Gasteiger partial charge in [-0.25, -0.2) is 4.39 Å². The summed E-state index contributed by atoms with van der Waals surface area (Å²) in [4.78, 5) is 11.9. The third kappa shape index (κ3) is 5.11. The number of halogens is 1. The standard InChI is InChI=1S/C15H19FN2O/c1-15(2,3)10-18-14(19)12-9-11(5-4-8-17)6-7-13(12)16/h6-7,9H,8,10,17H2,1-3H3,(H,18,19). The van der Waals surface area contributed by atoms with E-state index in [1.165, 1.54) is 18.2 Å². The van der Waals surface area contributed by atoms with Crippen LogP contribution in [-0.4, -0.2) is 19.0 Å². The molecule has 1 rings (SSSR count). The fraction of sp³-hybridized carbons (Fsp3) is 0.400. The molecule has 1 aromatic rings. The SMILES string of the molecule is CC(C)(C)CNC(=O)c1cc(C#CCN)ccc1F. The molecule has 0 aliphatic carbocycles. The second-order valence-electron chi connectivity index (χ2n) is 5.44. The van der Waals surface area contributed by atoms with E-state index < -0.39 is 11.7 Å². The highest BCUT2D eigenvalue weighted by Crippen LogP contribution is 2.13. The molecule has 0 saturated carbocycles. The molecule has 0 saturated heterocycles. The topological polar surface area (TPSA) is 55.1 Å². The lowest BCUT2D eigenvalue weighted by molar-refractivity contribution is 0.0935. The Hall–Kier alpha value is -1.86. The highest BCUT2D eigenvalue weighted by molar-refractivity contribution is 5.94. The first-order valence-corrected chi connectivity index (χ1v) is 6.10. The number of carbonyl (C=O) groups excluding carboxylic acids is 1. The van der Waals surface area contributed by atoms with Crippen LogP contribution >= 0.6 is 0 Å². The van der Waals surface area contributed by atoms with Gasteiger partial charge in [0, 0.05) is 12.1 Å². The summed E-state index contributed by atoms with van der Waals surface area (Å²) in [6.45, 7) is 6.68. The highest BCUT2D eigenvalue weighted by Gasteiger charge is 2.16. The van der Waals surface area contributed by atoms with Crippen molar-refractivity contribution in [2.75, 3.05) is 13.1 Å². The van der Waals surface area contributed by atoms with Gasteiger partial charge in [-0.2, -0.15) is 0 Å². The Morgan fingerprint density at radius 3 is 2.68 bits per heavy atom. The van der Waals surface area contributed by atoms with Gasteiger partial charge in [-0.15, -0.1) is 0 Å². The van der Waals surface area contributed by atoms with Gasteiger partial charge in [-0.05, 0) is 23.6 Å². The van der Waals surface area contributed by atoms with Gasteiger partial charge in [0.15, 0.2) is 0 Å². The van der Waals surface area contributed by atoms with Crippen molar-refractivity contribution in [3.05, 3.63) is 35.1 Å². The van der Waals surface area contributed by atoms with Crippen LogP contribution in [0.25, 0.3) is 0 Å². The van der Waals surface area contributed by atoms with Crippen LogP contribution in [0, 0.1) is 23.1 Å². The molecule has 3 nitrogen and oxygen atoms in total. The van der Waals surface area contributed by atoms with Crippen molar-refractivity contribution in [3.63, 3.8) is 0 Å². The molecule has 0 radical (unpaired) electrons. The molecule has 0 aromatic heterocycles. The number of hydrogen-bond donors (Lipinski definition) is 2. The summed E-state index contributed by atoms with van der Waals surface area (Å²) >= 11 is 0. The predicted octanol–water partition coefficient (Wildman–Crippen LogP) is 1.91. The van der Waals surface area contributed by atoms with Gasteiger partial charge < -0.3 is 11.1 Å². The molecule has 1 amide bonds. The van der Waals surface area contributed by atoms with Gasteiger partial charge >= 0.3 is 0 Å². The average Bonchev–Trinajstić information content (AvgIpc) is 2.34. The maximum absolute atomic E-state index is 13.6. The molecule has 19 heavy (non-hydrogen) atoms. The summed E-state index contributed by atoms with van der Waals surface area (Å²) in [5.41, 5.74) is 5.80. The predicted molar refractivity (Wildman–Crippen MR) is 74.1 cm³/mol. The van der Waals surface area contributed by atoms with Gasteiger partial charge in [0.25, 0.3) is 5.91 Å². The number of nitrogens with one attached hydrogen (secondary N) is 1. The number of hydrogen-bond acceptors (Lipinski definition) is 2. The van der Waals surface area contributed by atoms with E-state index in [1.54, 1.807) is 0 Å². The Labute approximate surface area is 113 Å². The van der Waals surface area contributed by atoms with Crippen LogP contribution in [0.4, 0.5) is 4.39 Å². The monoisotopic (exact) mass is 262 g/mol. The summed E-state index contributed by atoms with van der Waals surface area (Å²) in [6.07, 6.45) is 0. The lowest BCUT2D eigenvalue weighted by Crippen LogP contribution is -2.32. The van der Waals surface area contributed by atoms with Crippen molar-refractivity contribution < 1.29 is 9.18 Å². The third-order valence-corrected chi connectivity index (χ3v) is 2.33. The van der Waals surface area contributed by atoms with Gasteiger partial charge in [-0.3, -0.25) is 4.79 Å². The van der Waals surface area contributed by atoms with E-state index >= 15 is 0 Å². The molecule has 1 aromatic carbocycles. The van der Waals surface area contributed by atoms with Crippen molar-refractivity contribution in [2.45, 2.75) is 20.8 Å². The summed E-state index contributed by atoms with van der Waals surface area (Å²) < 4.78 is 13.6. The number of carbonyl (C=O) groups is 1. The fourth-order valence-corrected chi connectivity index (χ4v) is 1.37. The Balaban J connectivity index is 2.89. The van der Waals surface area contributed by atoms with Gasteiger partial charge in [0.1, 0.15) is 5.82 Å². The molecule has 0 spiro atoms. The summed E-state index contributed by atoms with van der Waals surface area (Å²) in [7, 11) is 0. The zero-order valence-corrected chi connectivity index (χ0v) is 11.5. The van der Waals surface area contributed by atoms with Crippen molar-refractivity contribution in [2.24, 2.45) is 11.1 Å². The van der Waals surface area contributed by atoms with Gasteiger partial charge in [-0.1, -0.05) is 32.6 Å². The molecule has 0 aliphatic heterocycles. The largest absolute Gasteiger partial charge is 0.351 e. The van der Waals surface area contributed by atoms with E-state index in [1.807, 2.05) is 20.8 Å². The van der Waals surface area contributed by atoms with Crippen LogP contribution < -0.4 is 11.1 Å². The van der Waals surface area contributed by atoms with E-state index in [4.69, 9.17) is 5.73 Å². The number of nitrogens with two attached hydrogens (primary N) is 1. The van der Waals surface area contributed by atoms with Crippen LogP contribution in [0.15, 0.2) is 18.2 Å². The molecule has 4 heteroatoms. The Kier molecular flexibility index (Phi) is 5.08. The van der Waals surface area contributed by atoms with E-state index in [-0.39, 0.29) is 17.5 Å². The van der Waals surface area contributed by atoms with Crippen LogP contribution in [0.1, 0.15) is 36.7 Å². The first-order valence-electron chi connectivity index (χ1n) is 6.10. The van der Waals surface area contributed by atoms with Crippen molar-refractivity contribution in [1.82, 2.24) is 5.32 Å². The van der Waals surface area contributed by atoms with E-state index in [9.17, 15) is 9.18 Å². The zero-order chi connectivity index (χ0) is 14.5. The quantitative estimate of drug-likeness (QED) is 0.800. The second kappa shape index (κ2) is 6.35. The maximum atomic E-state index is 13.6. The number of rotatable bonds is 2. The smallest absolute Gasteiger partial charge is 0.254 e. The Morgan fingerprint density at radius 1 is 1.42 bits per heavy atom. The van der Waals surface area contributed by atoms with Crippen LogP contribution in [0.5, 0.6) is 0 Å². The van der Waals surface area contributed by atoms with Crippen LogP contribution in [0.3, 0.4) is 0 Å². The minimum Gasteiger partial charge on any atom is -0.351 e. The molecule has 0 heterocycles. The minimum atomic E-state index is -0.551. The zero-order valence-electron chi connectivity index (χ0n) is 11.5. The molecular formula is C15H19FN2O. The molecular weight excluding hydrogens is 243 g/mol. The fourth-order valence-electron chi connectivity index (χ4n) is 1.37. The molecule has 0 aliphatic rings. The lowest BCUT2D eigenvalue weighted by atomic mass is 9.97. The minimum absolute atomic E-state index is 0.00747. The highest BCUT2D eigenvalue weighted by atomic mass is 19.1. The molecule has 0 fully saturated rings. The maximum Gasteiger partial charge on any atom is 0.254 e. The van der Waals surface area contributed by atoms with Gasteiger partial charge in [0.2, 0.25) is 0 Å². The molecule has 0 bridgehead atoms. The normalized spacial score (nSPS) is 10.6. The van der Waals surface area contributed by atoms with Crippen LogP contribution in [0.2, 0.25) is 0 Å². The van der Waals surface area contributed by atoms with E-state index in [0.717, 1.165) is 0 Å². The summed E-state index contributed by atoms with van der Waals surface area (Å²) in [5.74, 6) is 4.47. The van der Waals surface area contributed by atoms with Crippen molar-refractivity contribution >= 4 is 5.91 Å². The van der Waals surface area contributed by atoms with Gasteiger partial charge in [0.05, 0.1) is 12.1 Å². The number of benzene rings is 1. The van der Waals surface area contributed by atoms with E-state index in [2.05, 4.69) is 17.2 Å². The molecule has 0 unspecified atom stereocenters. The first-order chi connectivity index (χ1) is 8.83. The van der Waals surface area contributed by atoms with Crippen LogP contribution in [-0.2, 0) is 0 Å². The van der Waals surface area contributed by atoms with E-state index in [0.29, 0.717) is 12.1 Å². The summed E-state index contributed by atoms with van der Waals surface area (Å²) in [5, 5.41) is 2.71. The molecule has 3 N–H and O–H groups in total. The first kappa shape index (κ1) is 15.2. The molecule has 102 valence electrons. The third-order valence-electron chi connectivity index (χ3n) is 2.33. The Morgan fingerprint density at radius 2 is 2.11 bits per heavy atom. The Bertz CT molecular complexity index is 521.